The minimum Gasteiger partial charge on any atom is -0.490 e. The number of hydrogen-bond acceptors (Lipinski definition) is 5. The molecule has 1 amide bonds. The van der Waals surface area contributed by atoms with Crippen LogP contribution < -0.4 is 4.74 Å². The Morgan fingerprint density at radius 2 is 1.79 bits per heavy atom. The largest absolute Gasteiger partial charge is 0.490 e. The Labute approximate surface area is 199 Å². The smallest absolute Gasteiger partial charge is 0.410 e. The van der Waals surface area contributed by atoms with Crippen LogP contribution >= 0.6 is 0 Å². The normalized spacial score (nSPS) is 15.5. The van der Waals surface area contributed by atoms with E-state index in [4.69, 9.17) is 9.47 Å². The number of hydrogen-bond donors (Lipinski definition) is 0. The molecule has 3 aromatic rings. The number of halogens is 1. The quantitative estimate of drug-likeness (QED) is 0.519. The maximum Gasteiger partial charge on any atom is 0.410 e. The molecular weight excluding hydrogens is 459 g/mol. The van der Waals surface area contributed by atoms with Gasteiger partial charge in [0.25, 0.3) is 0 Å². The lowest BCUT2D eigenvalue weighted by molar-refractivity contribution is 0.0128. The number of amides is 1. The monoisotopic (exact) mass is 488 g/mol. The van der Waals surface area contributed by atoms with Crippen molar-refractivity contribution < 1.29 is 27.1 Å². The predicted octanol–water partition coefficient (Wildman–Crippen LogP) is 4.95. The van der Waals surface area contributed by atoms with Crippen LogP contribution in [0.2, 0.25) is 0 Å². The lowest BCUT2D eigenvalue weighted by Crippen LogP contribution is -2.44. The number of likely N-dealkylation sites (tertiary alicyclic amines) is 1. The molecule has 4 rings (SSSR count). The first-order valence-electron chi connectivity index (χ1n) is 11.2. The van der Waals surface area contributed by atoms with Crippen LogP contribution in [0.5, 0.6) is 5.75 Å². The Morgan fingerprint density at radius 3 is 2.41 bits per heavy atom. The topological polar surface area (TPSA) is 77.8 Å². The van der Waals surface area contributed by atoms with Gasteiger partial charge >= 0.3 is 6.09 Å². The van der Waals surface area contributed by atoms with Crippen molar-refractivity contribution >= 4 is 26.8 Å². The number of aromatic nitrogens is 1. The van der Waals surface area contributed by atoms with Crippen molar-refractivity contribution in [2.75, 3.05) is 19.3 Å². The first-order chi connectivity index (χ1) is 15.9. The van der Waals surface area contributed by atoms with Gasteiger partial charge in [-0.3, -0.25) is 0 Å². The van der Waals surface area contributed by atoms with E-state index >= 15 is 0 Å². The van der Waals surface area contributed by atoms with Gasteiger partial charge < -0.3 is 18.9 Å². The molecule has 2 heterocycles. The van der Waals surface area contributed by atoms with Crippen molar-refractivity contribution in [1.29, 1.82) is 0 Å². The number of benzene rings is 2. The number of fused-ring (bicyclic) bond motifs is 1. The molecule has 0 atom stereocenters. The van der Waals surface area contributed by atoms with Gasteiger partial charge in [-0.2, -0.15) is 0 Å². The molecule has 1 aliphatic rings. The molecule has 0 bridgehead atoms. The van der Waals surface area contributed by atoms with E-state index < -0.39 is 21.3 Å². The van der Waals surface area contributed by atoms with E-state index in [1.165, 1.54) is 12.1 Å². The average Bonchev–Trinajstić information content (AvgIpc) is 3.17. The van der Waals surface area contributed by atoms with Crippen molar-refractivity contribution in [3.05, 3.63) is 54.5 Å². The molecule has 1 saturated heterocycles. The van der Waals surface area contributed by atoms with Gasteiger partial charge in [0.2, 0.25) is 0 Å². The van der Waals surface area contributed by atoms with Crippen molar-refractivity contribution in [2.24, 2.45) is 0 Å². The van der Waals surface area contributed by atoms with Gasteiger partial charge in [0, 0.05) is 43.8 Å². The molecule has 2 aromatic carbocycles. The highest BCUT2D eigenvalue weighted by atomic mass is 32.2. The van der Waals surface area contributed by atoms with Gasteiger partial charge in [-0.15, -0.1) is 0 Å². The number of nitrogens with zero attached hydrogens (tertiary/aromatic N) is 2. The highest BCUT2D eigenvalue weighted by Gasteiger charge is 2.28. The van der Waals surface area contributed by atoms with Crippen molar-refractivity contribution in [2.45, 2.75) is 50.2 Å². The summed E-state index contributed by atoms with van der Waals surface area (Å²) in [6.45, 7) is 6.64. The van der Waals surface area contributed by atoms with E-state index in [-0.39, 0.29) is 22.8 Å². The minimum absolute atomic E-state index is 0.0570. The fourth-order valence-electron chi connectivity index (χ4n) is 4.03. The molecule has 9 heteroatoms. The number of sulfone groups is 1. The maximum atomic E-state index is 14.8. The zero-order chi connectivity index (χ0) is 24.7. The second kappa shape index (κ2) is 8.94. The Bertz CT molecular complexity index is 1320. The van der Waals surface area contributed by atoms with Crippen LogP contribution in [0.1, 0.15) is 33.6 Å². The molecule has 34 heavy (non-hydrogen) atoms. The summed E-state index contributed by atoms with van der Waals surface area (Å²) in [5.74, 6) is 0.0568. The van der Waals surface area contributed by atoms with Crippen molar-refractivity contribution in [3.63, 3.8) is 0 Å². The maximum absolute atomic E-state index is 14.8. The minimum atomic E-state index is -3.50. The zero-order valence-corrected chi connectivity index (χ0v) is 20.6. The van der Waals surface area contributed by atoms with Gasteiger partial charge in [-0.1, -0.05) is 6.07 Å². The third-order valence-electron chi connectivity index (χ3n) is 5.69. The van der Waals surface area contributed by atoms with Crippen LogP contribution in [0.15, 0.2) is 53.6 Å². The van der Waals surface area contributed by atoms with E-state index in [1.54, 1.807) is 15.7 Å². The molecular formula is C25H29FN2O5S. The molecule has 0 N–H and O–H groups in total. The van der Waals surface area contributed by atoms with Crippen LogP contribution in [-0.2, 0) is 14.6 Å². The SMILES string of the molecule is CC(C)(C)OC(=O)N1CCC(Oc2cccc3c2ccn3-c2ccc(S(C)(=O)=O)cc2F)CC1. The van der Waals surface area contributed by atoms with E-state index in [2.05, 4.69) is 0 Å². The summed E-state index contributed by atoms with van der Waals surface area (Å²) >= 11 is 0. The van der Waals surface area contributed by atoms with E-state index in [0.717, 1.165) is 23.2 Å². The van der Waals surface area contributed by atoms with Crippen LogP contribution in [-0.4, -0.2) is 55.0 Å². The van der Waals surface area contributed by atoms with Gasteiger partial charge in [-0.25, -0.2) is 17.6 Å². The van der Waals surface area contributed by atoms with Gasteiger partial charge in [0.1, 0.15) is 23.3 Å². The van der Waals surface area contributed by atoms with Crippen molar-refractivity contribution in [3.8, 4) is 11.4 Å². The zero-order valence-electron chi connectivity index (χ0n) is 19.7. The molecule has 0 unspecified atom stereocenters. The molecule has 0 saturated carbocycles. The fourth-order valence-corrected chi connectivity index (χ4v) is 4.66. The van der Waals surface area contributed by atoms with Crippen molar-refractivity contribution in [1.82, 2.24) is 9.47 Å². The Morgan fingerprint density at radius 1 is 1.09 bits per heavy atom. The molecule has 1 aliphatic heterocycles. The number of rotatable bonds is 4. The summed E-state index contributed by atoms with van der Waals surface area (Å²) in [4.78, 5) is 13.9. The Hall–Kier alpha value is -3.07. The molecule has 1 aromatic heterocycles. The van der Waals surface area contributed by atoms with Gasteiger partial charge in [-0.05, 0) is 57.2 Å². The van der Waals surface area contributed by atoms with E-state index in [9.17, 15) is 17.6 Å². The molecule has 7 nitrogen and oxygen atoms in total. The molecule has 1 fully saturated rings. The van der Waals surface area contributed by atoms with E-state index in [1.807, 2.05) is 45.0 Å². The number of ether oxygens (including phenoxy) is 2. The Balaban J connectivity index is 1.51. The number of carbonyl (C=O) groups is 1. The highest BCUT2D eigenvalue weighted by Crippen LogP contribution is 2.32. The second-order valence-corrected chi connectivity index (χ2v) is 11.6. The predicted molar refractivity (Wildman–Crippen MR) is 128 cm³/mol. The standard InChI is InChI=1S/C25H29FN2O5S/c1-25(2,3)33-24(29)27-13-10-17(11-14-27)32-23-7-5-6-21-19(23)12-15-28(21)22-9-8-18(16-20(22)26)34(4,30)31/h5-9,12,15-17H,10-11,13-14H2,1-4H3. The molecule has 182 valence electrons. The summed E-state index contributed by atoms with van der Waals surface area (Å²) in [7, 11) is -3.50. The van der Waals surface area contributed by atoms with Crippen LogP contribution in [0.25, 0.3) is 16.6 Å². The first-order valence-corrected chi connectivity index (χ1v) is 13.1. The molecule has 0 aliphatic carbocycles. The third kappa shape index (κ3) is 5.19. The van der Waals surface area contributed by atoms with E-state index in [0.29, 0.717) is 31.7 Å². The summed E-state index contributed by atoms with van der Waals surface area (Å²) in [5.41, 5.74) is 0.470. The summed E-state index contributed by atoms with van der Waals surface area (Å²) in [6.07, 6.45) is 3.78. The van der Waals surface area contributed by atoms with Crippen LogP contribution in [0.4, 0.5) is 9.18 Å². The van der Waals surface area contributed by atoms with Gasteiger partial charge in [0.15, 0.2) is 9.84 Å². The Kier molecular flexibility index (Phi) is 6.33. The molecule has 0 spiro atoms. The highest BCUT2D eigenvalue weighted by molar-refractivity contribution is 7.90. The lowest BCUT2D eigenvalue weighted by Gasteiger charge is -2.33. The van der Waals surface area contributed by atoms with Crippen LogP contribution in [0.3, 0.4) is 0 Å². The third-order valence-corrected chi connectivity index (χ3v) is 6.80. The number of piperidine rings is 1. The lowest BCUT2D eigenvalue weighted by atomic mass is 10.1. The van der Waals surface area contributed by atoms with Crippen LogP contribution in [0, 0.1) is 5.82 Å². The second-order valence-electron chi connectivity index (χ2n) is 9.54. The first kappa shape index (κ1) is 24.1. The molecule has 0 radical (unpaired) electrons. The van der Waals surface area contributed by atoms with Gasteiger partial charge in [0.05, 0.1) is 16.1 Å². The fraction of sp³-hybridized carbons (Fsp3) is 0.400. The summed E-state index contributed by atoms with van der Waals surface area (Å²) in [5, 5.41) is 0.823. The average molecular weight is 489 g/mol. The summed E-state index contributed by atoms with van der Waals surface area (Å²) in [6, 6.07) is 11.3. The summed E-state index contributed by atoms with van der Waals surface area (Å²) < 4.78 is 51.6. The number of carbonyl (C=O) groups excluding carboxylic acids is 1.